The quantitative estimate of drug-likeness (QED) is 0.657. The first-order valence-corrected chi connectivity index (χ1v) is 5.03. The van der Waals surface area contributed by atoms with Crippen molar-refractivity contribution >= 4 is 5.97 Å². The molecule has 0 aliphatic heterocycles. The van der Waals surface area contributed by atoms with Crippen molar-refractivity contribution in [1.82, 2.24) is 15.5 Å². The Bertz CT molecular complexity index is 322. The van der Waals surface area contributed by atoms with Crippen LogP contribution in [0.3, 0.4) is 0 Å². The number of rotatable bonds is 6. The zero-order valence-electron chi connectivity index (χ0n) is 9.08. The number of carbonyl (C=O) groups is 1. The normalized spacial score (nSPS) is 12.7. The molecule has 5 nitrogen and oxygen atoms in total. The van der Waals surface area contributed by atoms with Gasteiger partial charge in [-0.3, -0.25) is 9.89 Å². The summed E-state index contributed by atoms with van der Waals surface area (Å²) >= 11 is 0. The van der Waals surface area contributed by atoms with Gasteiger partial charge in [-0.2, -0.15) is 5.10 Å². The van der Waals surface area contributed by atoms with Crippen LogP contribution in [-0.4, -0.2) is 27.3 Å². The summed E-state index contributed by atoms with van der Waals surface area (Å²) in [7, 11) is 0. The smallest absolute Gasteiger partial charge is 0.303 e. The van der Waals surface area contributed by atoms with Crippen LogP contribution < -0.4 is 5.32 Å². The molecular weight excluding hydrogens is 194 g/mol. The van der Waals surface area contributed by atoms with E-state index in [0.717, 1.165) is 17.8 Å². The average Bonchev–Trinajstić information content (AvgIpc) is 2.58. The molecule has 0 saturated heterocycles. The zero-order valence-corrected chi connectivity index (χ0v) is 9.08. The molecule has 0 fully saturated rings. The lowest BCUT2D eigenvalue weighted by molar-refractivity contribution is -0.137. The Morgan fingerprint density at radius 3 is 3.00 bits per heavy atom. The van der Waals surface area contributed by atoms with Crippen molar-refractivity contribution in [2.24, 2.45) is 0 Å². The standard InChI is InChI=1S/C10H17N3O2/c1-7(3-4-10(14)15)11-5-9-6-12-13-8(9)2/h6-7,11H,3-5H2,1-2H3,(H,12,13)(H,14,15). The van der Waals surface area contributed by atoms with Crippen LogP contribution in [0, 0.1) is 6.92 Å². The molecule has 0 radical (unpaired) electrons. The third-order valence-corrected chi connectivity index (χ3v) is 2.37. The van der Waals surface area contributed by atoms with E-state index in [1.165, 1.54) is 0 Å². The van der Waals surface area contributed by atoms with Crippen molar-refractivity contribution < 1.29 is 9.90 Å². The van der Waals surface area contributed by atoms with Crippen LogP contribution in [0.15, 0.2) is 6.20 Å². The summed E-state index contributed by atoms with van der Waals surface area (Å²) in [6.45, 7) is 4.67. The van der Waals surface area contributed by atoms with E-state index in [2.05, 4.69) is 15.5 Å². The molecule has 0 aromatic carbocycles. The monoisotopic (exact) mass is 211 g/mol. The number of hydrogen-bond donors (Lipinski definition) is 3. The first-order valence-electron chi connectivity index (χ1n) is 5.03. The summed E-state index contributed by atoms with van der Waals surface area (Å²) in [5.74, 6) is -0.747. The zero-order chi connectivity index (χ0) is 11.3. The minimum absolute atomic E-state index is 0.204. The molecule has 15 heavy (non-hydrogen) atoms. The van der Waals surface area contributed by atoms with Crippen molar-refractivity contribution in [3.8, 4) is 0 Å². The molecule has 0 bridgehead atoms. The van der Waals surface area contributed by atoms with Gasteiger partial charge in [0.15, 0.2) is 0 Å². The highest BCUT2D eigenvalue weighted by atomic mass is 16.4. The number of hydrogen-bond acceptors (Lipinski definition) is 3. The Balaban J connectivity index is 2.25. The van der Waals surface area contributed by atoms with Crippen LogP contribution in [0.25, 0.3) is 0 Å². The number of aliphatic carboxylic acids is 1. The maximum atomic E-state index is 10.3. The molecular formula is C10H17N3O2. The third-order valence-electron chi connectivity index (χ3n) is 2.37. The average molecular weight is 211 g/mol. The molecule has 1 aromatic rings. The summed E-state index contributed by atoms with van der Waals surface area (Å²) in [4.78, 5) is 10.3. The lowest BCUT2D eigenvalue weighted by Gasteiger charge is -2.11. The lowest BCUT2D eigenvalue weighted by atomic mass is 10.1. The number of aromatic amines is 1. The van der Waals surface area contributed by atoms with Gasteiger partial charge >= 0.3 is 5.97 Å². The van der Waals surface area contributed by atoms with Gasteiger partial charge in [0, 0.05) is 30.3 Å². The number of nitrogens with zero attached hydrogens (tertiary/aromatic N) is 1. The fraction of sp³-hybridized carbons (Fsp3) is 0.600. The van der Waals surface area contributed by atoms with E-state index in [1.54, 1.807) is 6.20 Å². The molecule has 0 saturated carbocycles. The van der Waals surface area contributed by atoms with Crippen LogP contribution in [0.2, 0.25) is 0 Å². The van der Waals surface area contributed by atoms with Crippen molar-refractivity contribution in [2.45, 2.75) is 39.3 Å². The number of nitrogens with one attached hydrogen (secondary N) is 2. The third kappa shape index (κ3) is 4.12. The molecule has 0 aliphatic carbocycles. The first-order chi connectivity index (χ1) is 7.09. The molecule has 84 valence electrons. The van der Waals surface area contributed by atoms with Gasteiger partial charge in [-0.1, -0.05) is 0 Å². The van der Waals surface area contributed by atoms with Crippen molar-refractivity contribution in [2.75, 3.05) is 0 Å². The van der Waals surface area contributed by atoms with Gasteiger partial charge in [-0.15, -0.1) is 0 Å². The Morgan fingerprint density at radius 2 is 2.47 bits per heavy atom. The molecule has 1 heterocycles. The Kier molecular flexibility index (Phi) is 4.30. The van der Waals surface area contributed by atoms with Gasteiger partial charge in [-0.25, -0.2) is 0 Å². The van der Waals surface area contributed by atoms with Crippen molar-refractivity contribution in [3.63, 3.8) is 0 Å². The summed E-state index contributed by atoms with van der Waals surface area (Å²) in [5, 5.41) is 18.5. The van der Waals surface area contributed by atoms with Crippen molar-refractivity contribution in [1.29, 1.82) is 0 Å². The van der Waals surface area contributed by atoms with Gasteiger partial charge in [0.05, 0.1) is 6.20 Å². The topological polar surface area (TPSA) is 78.0 Å². The maximum absolute atomic E-state index is 10.3. The number of carboxylic acid groups (broad SMARTS) is 1. The highest BCUT2D eigenvalue weighted by molar-refractivity contribution is 5.66. The molecule has 1 rings (SSSR count). The predicted octanol–water partition coefficient (Wildman–Crippen LogP) is 1.06. The molecule has 5 heteroatoms. The highest BCUT2D eigenvalue weighted by Crippen LogP contribution is 2.03. The predicted molar refractivity (Wildman–Crippen MR) is 56.5 cm³/mol. The van der Waals surface area contributed by atoms with E-state index in [-0.39, 0.29) is 12.5 Å². The minimum Gasteiger partial charge on any atom is -0.481 e. The van der Waals surface area contributed by atoms with Crippen LogP contribution in [0.4, 0.5) is 0 Å². The summed E-state index contributed by atoms with van der Waals surface area (Å²) in [6, 6.07) is 0.204. The number of aromatic nitrogens is 2. The Morgan fingerprint density at radius 1 is 1.73 bits per heavy atom. The minimum atomic E-state index is -0.747. The van der Waals surface area contributed by atoms with Crippen LogP contribution >= 0.6 is 0 Å². The molecule has 0 aliphatic rings. The van der Waals surface area contributed by atoms with E-state index in [1.807, 2.05) is 13.8 Å². The molecule has 1 aromatic heterocycles. The number of aryl methyl sites for hydroxylation is 1. The van der Waals surface area contributed by atoms with Crippen molar-refractivity contribution in [3.05, 3.63) is 17.5 Å². The fourth-order valence-corrected chi connectivity index (χ4v) is 1.28. The molecule has 1 atom stereocenters. The number of carboxylic acids is 1. The fourth-order valence-electron chi connectivity index (χ4n) is 1.28. The van der Waals surface area contributed by atoms with Crippen LogP contribution in [0.5, 0.6) is 0 Å². The van der Waals surface area contributed by atoms with Gasteiger partial charge in [0.1, 0.15) is 0 Å². The summed E-state index contributed by atoms with van der Waals surface area (Å²) in [6.07, 6.45) is 2.64. The largest absolute Gasteiger partial charge is 0.481 e. The van der Waals surface area contributed by atoms with E-state index in [9.17, 15) is 4.79 Å². The van der Waals surface area contributed by atoms with E-state index in [0.29, 0.717) is 6.42 Å². The molecule has 1 unspecified atom stereocenters. The van der Waals surface area contributed by atoms with Crippen LogP contribution in [-0.2, 0) is 11.3 Å². The summed E-state index contributed by atoms with van der Waals surface area (Å²) in [5.41, 5.74) is 2.17. The van der Waals surface area contributed by atoms with Gasteiger partial charge in [0.2, 0.25) is 0 Å². The van der Waals surface area contributed by atoms with Crippen LogP contribution in [0.1, 0.15) is 31.0 Å². The second-order valence-corrected chi connectivity index (χ2v) is 3.73. The molecule has 0 spiro atoms. The first kappa shape index (κ1) is 11.7. The Labute approximate surface area is 88.9 Å². The molecule has 0 amide bonds. The van der Waals surface area contributed by atoms with Gasteiger partial charge in [0.25, 0.3) is 0 Å². The van der Waals surface area contributed by atoms with E-state index in [4.69, 9.17) is 5.11 Å². The molecule has 3 N–H and O–H groups in total. The van der Waals surface area contributed by atoms with E-state index < -0.39 is 5.97 Å². The van der Waals surface area contributed by atoms with Gasteiger partial charge in [-0.05, 0) is 20.3 Å². The lowest BCUT2D eigenvalue weighted by Crippen LogP contribution is -2.26. The van der Waals surface area contributed by atoms with E-state index >= 15 is 0 Å². The second-order valence-electron chi connectivity index (χ2n) is 3.73. The number of H-pyrrole nitrogens is 1. The highest BCUT2D eigenvalue weighted by Gasteiger charge is 2.06. The SMILES string of the molecule is Cc1[nH]ncc1CNC(C)CCC(=O)O. The maximum Gasteiger partial charge on any atom is 0.303 e. The summed E-state index contributed by atoms with van der Waals surface area (Å²) < 4.78 is 0. The second kappa shape index (κ2) is 5.50. The van der Waals surface area contributed by atoms with Gasteiger partial charge < -0.3 is 10.4 Å². The Hall–Kier alpha value is -1.36.